The molecular formula is C7H11ClO2. The van der Waals surface area contributed by atoms with Crippen molar-refractivity contribution in [2.24, 2.45) is 0 Å². The van der Waals surface area contributed by atoms with Gasteiger partial charge in [-0.3, -0.25) is 0 Å². The van der Waals surface area contributed by atoms with Crippen molar-refractivity contribution >= 4 is 17.6 Å². The van der Waals surface area contributed by atoms with Crippen molar-refractivity contribution in [3.63, 3.8) is 0 Å². The largest absolute Gasteiger partial charge is 0.466 e. The SMILES string of the molecule is CCC=C(CCl)C(=O)OC. The quantitative estimate of drug-likeness (QED) is 0.359. The molecule has 0 aromatic rings. The molecule has 3 heteroatoms. The van der Waals surface area contributed by atoms with Crippen molar-refractivity contribution in [1.29, 1.82) is 0 Å². The molecule has 0 saturated heterocycles. The van der Waals surface area contributed by atoms with E-state index in [-0.39, 0.29) is 11.8 Å². The summed E-state index contributed by atoms with van der Waals surface area (Å²) < 4.78 is 4.46. The average molecular weight is 163 g/mol. The number of ether oxygens (including phenoxy) is 1. The lowest BCUT2D eigenvalue weighted by atomic mass is 10.2. The maximum atomic E-state index is 10.8. The molecule has 0 unspecified atom stereocenters. The van der Waals surface area contributed by atoms with Crippen molar-refractivity contribution < 1.29 is 9.53 Å². The number of carbonyl (C=O) groups is 1. The molecule has 0 aliphatic rings. The molecule has 0 aliphatic heterocycles. The van der Waals surface area contributed by atoms with Crippen LogP contribution in [0.1, 0.15) is 13.3 Å². The van der Waals surface area contributed by atoms with Crippen molar-refractivity contribution in [3.05, 3.63) is 11.6 Å². The first-order chi connectivity index (χ1) is 4.76. The summed E-state index contributed by atoms with van der Waals surface area (Å²) in [6.45, 7) is 1.94. The van der Waals surface area contributed by atoms with Crippen LogP contribution in [0, 0.1) is 0 Å². The highest BCUT2D eigenvalue weighted by molar-refractivity contribution is 6.22. The van der Waals surface area contributed by atoms with Gasteiger partial charge in [0.1, 0.15) is 0 Å². The Kier molecular flexibility index (Phi) is 5.03. The fourth-order valence-corrected chi connectivity index (χ4v) is 0.788. The van der Waals surface area contributed by atoms with E-state index in [1.54, 1.807) is 6.08 Å². The first-order valence-corrected chi connectivity index (χ1v) is 3.63. The molecule has 0 amide bonds. The fourth-order valence-electron chi connectivity index (χ4n) is 0.570. The van der Waals surface area contributed by atoms with Gasteiger partial charge in [0.15, 0.2) is 0 Å². The number of alkyl halides is 1. The Hall–Kier alpha value is -0.500. The van der Waals surface area contributed by atoms with E-state index in [9.17, 15) is 4.79 Å². The summed E-state index contributed by atoms with van der Waals surface area (Å²) in [5.74, 6) is -0.114. The zero-order valence-corrected chi connectivity index (χ0v) is 6.94. The number of hydrogen-bond acceptors (Lipinski definition) is 2. The maximum absolute atomic E-state index is 10.8. The third-order valence-corrected chi connectivity index (χ3v) is 1.33. The lowest BCUT2D eigenvalue weighted by Gasteiger charge is -1.98. The van der Waals surface area contributed by atoms with Crippen LogP contribution < -0.4 is 0 Å². The Balaban J connectivity index is 4.06. The predicted octanol–water partition coefficient (Wildman–Crippen LogP) is 1.73. The maximum Gasteiger partial charge on any atom is 0.334 e. The molecule has 0 atom stereocenters. The standard InChI is InChI=1S/C7H11ClO2/c1-3-4-6(5-8)7(9)10-2/h4H,3,5H2,1-2H3. The molecule has 2 nitrogen and oxygen atoms in total. The van der Waals surface area contributed by atoms with Gasteiger partial charge in [0.2, 0.25) is 0 Å². The number of halogens is 1. The summed E-state index contributed by atoms with van der Waals surface area (Å²) in [6, 6.07) is 0. The minimum absolute atomic E-state index is 0.223. The lowest BCUT2D eigenvalue weighted by Crippen LogP contribution is -2.05. The first-order valence-electron chi connectivity index (χ1n) is 3.09. The molecule has 0 spiro atoms. The van der Waals surface area contributed by atoms with E-state index < -0.39 is 0 Å². The van der Waals surface area contributed by atoms with Gasteiger partial charge in [-0.05, 0) is 6.42 Å². The van der Waals surface area contributed by atoms with Crippen LogP contribution in [0.2, 0.25) is 0 Å². The van der Waals surface area contributed by atoms with Crippen LogP contribution in [0.15, 0.2) is 11.6 Å². The molecule has 0 N–H and O–H groups in total. The second kappa shape index (κ2) is 5.30. The van der Waals surface area contributed by atoms with Crippen molar-refractivity contribution in [3.8, 4) is 0 Å². The van der Waals surface area contributed by atoms with Gasteiger partial charge in [0.05, 0.1) is 13.0 Å². The van der Waals surface area contributed by atoms with Crippen molar-refractivity contribution in [1.82, 2.24) is 0 Å². The number of methoxy groups -OCH3 is 1. The van der Waals surface area contributed by atoms with Gasteiger partial charge >= 0.3 is 5.97 Å². The minimum Gasteiger partial charge on any atom is -0.466 e. The van der Waals surface area contributed by atoms with Gasteiger partial charge in [-0.1, -0.05) is 13.0 Å². The second-order valence-corrected chi connectivity index (χ2v) is 2.03. The number of rotatable bonds is 3. The highest BCUT2D eigenvalue weighted by Crippen LogP contribution is 2.01. The zero-order chi connectivity index (χ0) is 7.98. The third kappa shape index (κ3) is 2.87. The Morgan fingerprint density at radius 1 is 1.70 bits per heavy atom. The van der Waals surface area contributed by atoms with Gasteiger partial charge in [-0.2, -0.15) is 0 Å². The summed E-state index contributed by atoms with van der Waals surface area (Å²) in [6.07, 6.45) is 2.57. The Bertz CT molecular complexity index is 141. The second-order valence-electron chi connectivity index (χ2n) is 1.76. The van der Waals surface area contributed by atoms with E-state index in [1.807, 2.05) is 6.92 Å². The van der Waals surface area contributed by atoms with Crippen LogP contribution in [0.4, 0.5) is 0 Å². The predicted molar refractivity (Wildman–Crippen MR) is 41.1 cm³/mol. The van der Waals surface area contributed by atoms with E-state index >= 15 is 0 Å². The van der Waals surface area contributed by atoms with E-state index in [4.69, 9.17) is 11.6 Å². The average Bonchev–Trinajstić information content (AvgIpc) is 1.99. The van der Waals surface area contributed by atoms with E-state index in [0.29, 0.717) is 5.57 Å². The van der Waals surface area contributed by atoms with E-state index in [2.05, 4.69) is 4.74 Å². The molecule has 0 radical (unpaired) electrons. The molecule has 10 heavy (non-hydrogen) atoms. The van der Waals surface area contributed by atoms with Crippen LogP contribution in [-0.4, -0.2) is 19.0 Å². The number of carbonyl (C=O) groups excluding carboxylic acids is 1. The smallest absolute Gasteiger partial charge is 0.334 e. The van der Waals surface area contributed by atoms with Gasteiger partial charge in [-0.25, -0.2) is 4.79 Å². The third-order valence-electron chi connectivity index (χ3n) is 1.04. The van der Waals surface area contributed by atoms with Gasteiger partial charge in [0, 0.05) is 5.57 Å². The Morgan fingerprint density at radius 2 is 2.30 bits per heavy atom. The molecule has 0 aromatic carbocycles. The van der Waals surface area contributed by atoms with Crippen LogP contribution in [0.5, 0.6) is 0 Å². The Morgan fingerprint density at radius 3 is 2.60 bits per heavy atom. The van der Waals surface area contributed by atoms with Crippen LogP contribution in [0.25, 0.3) is 0 Å². The summed E-state index contributed by atoms with van der Waals surface area (Å²) in [5.41, 5.74) is 0.534. The first kappa shape index (κ1) is 9.50. The highest BCUT2D eigenvalue weighted by Gasteiger charge is 2.05. The number of hydrogen-bond donors (Lipinski definition) is 0. The molecule has 0 rings (SSSR count). The zero-order valence-electron chi connectivity index (χ0n) is 6.19. The summed E-state index contributed by atoms with van der Waals surface area (Å²) in [5, 5.41) is 0. The van der Waals surface area contributed by atoms with Crippen LogP contribution in [0.3, 0.4) is 0 Å². The van der Waals surface area contributed by atoms with Crippen LogP contribution >= 0.6 is 11.6 Å². The molecule has 58 valence electrons. The molecule has 0 heterocycles. The minimum atomic E-state index is -0.336. The fraction of sp³-hybridized carbons (Fsp3) is 0.571. The summed E-state index contributed by atoms with van der Waals surface area (Å²) in [4.78, 5) is 10.8. The monoisotopic (exact) mass is 162 g/mol. The molecule has 0 bridgehead atoms. The molecule has 0 aliphatic carbocycles. The molecular weight excluding hydrogens is 152 g/mol. The van der Waals surface area contributed by atoms with Gasteiger partial charge < -0.3 is 4.74 Å². The van der Waals surface area contributed by atoms with E-state index in [0.717, 1.165) is 6.42 Å². The molecule has 0 saturated carbocycles. The Labute approximate surface area is 65.8 Å². The number of esters is 1. The number of allylic oxidation sites excluding steroid dienone is 1. The van der Waals surface area contributed by atoms with E-state index in [1.165, 1.54) is 7.11 Å². The summed E-state index contributed by atoms with van der Waals surface area (Å²) >= 11 is 5.45. The molecule has 0 aromatic heterocycles. The van der Waals surface area contributed by atoms with Gasteiger partial charge in [-0.15, -0.1) is 11.6 Å². The van der Waals surface area contributed by atoms with Crippen molar-refractivity contribution in [2.75, 3.05) is 13.0 Å². The van der Waals surface area contributed by atoms with Crippen LogP contribution in [-0.2, 0) is 9.53 Å². The van der Waals surface area contributed by atoms with Crippen molar-refractivity contribution in [2.45, 2.75) is 13.3 Å². The van der Waals surface area contributed by atoms with Gasteiger partial charge in [0.25, 0.3) is 0 Å². The normalized spacial score (nSPS) is 11.3. The molecule has 0 fully saturated rings. The lowest BCUT2D eigenvalue weighted by molar-refractivity contribution is -0.136. The highest BCUT2D eigenvalue weighted by atomic mass is 35.5. The summed E-state index contributed by atoms with van der Waals surface area (Å²) in [7, 11) is 1.35. The topological polar surface area (TPSA) is 26.3 Å².